The van der Waals surface area contributed by atoms with Crippen LogP contribution in [0.2, 0.25) is 0 Å². The molecule has 0 saturated heterocycles. The Hall–Kier alpha value is -1.71. The van der Waals surface area contributed by atoms with Gasteiger partial charge in [0, 0.05) is 12.0 Å². The van der Waals surface area contributed by atoms with Crippen LogP contribution in [0.4, 0.5) is 0 Å². The summed E-state index contributed by atoms with van der Waals surface area (Å²) in [6.07, 6.45) is 0.171. The number of amides is 3. The highest BCUT2D eigenvalue weighted by atomic mass is 16.5. The van der Waals surface area contributed by atoms with Crippen LogP contribution in [0.1, 0.15) is 27.2 Å². The maximum atomic E-state index is 11.5. The molecule has 0 spiro atoms. The summed E-state index contributed by atoms with van der Waals surface area (Å²) in [5.74, 6) is -1.00. The zero-order chi connectivity index (χ0) is 18.4. The maximum Gasteiger partial charge on any atom is 0.243 e. The number of carbonyl (C=O) groups is 3. The Bertz CT molecular complexity index is 395. The number of hydrogen-bond acceptors (Lipinski definition) is 6. The van der Waals surface area contributed by atoms with Crippen molar-refractivity contribution in [2.45, 2.75) is 32.7 Å². The Morgan fingerprint density at radius 2 is 1.42 bits per heavy atom. The van der Waals surface area contributed by atoms with Gasteiger partial charge in [-0.2, -0.15) is 0 Å². The van der Waals surface area contributed by atoms with Crippen molar-refractivity contribution >= 4 is 17.7 Å². The lowest BCUT2D eigenvalue weighted by molar-refractivity contribution is -0.127. The van der Waals surface area contributed by atoms with Gasteiger partial charge in [-0.05, 0) is 20.8 Å². The number of nitrogens with one attached hydrogen (secondary N) is 2. The lowest BCUT2D eigenvalue weighted by atomic mass is 10.1. The topological polar surface area (TPSA) is 129 Å². The highest BCUT2D eigenvalue weighted by molar-refractivity contribution is 5.85. The van der Waals surface area contributed by atoms with Crippen molar-refractivity contribution in [2.24, 2.45) is 5.73 Å². The van der Waals surface area contributed by atoms with Crippen LogP contribution in [0.5, 0.6) is 0 Å². The minimum Gasteiger partial charge on any atom is -0.379 e. The standard InChI is InChI=1S/C15H29N3O6/c1-15(2,3)18-14(21)10-17-13(20)4-5-22-6-7-23-8-9-24-11-12(16)19/h4-11H2,1-3H3,(H2,16,19)(H,17,20)(H,18,21). The molecule has 0 aliphatic carbocycles. The number of nitrogens with two attached hydrogens (primary N) is 1. The summed E-state index contributed by atoms with van der Waals surface area (Å²) in [4.78, 5) is 33.4. The predicted octanol–water partition coefficient (Wildman–Crippen LogP) is -1.06. The third-order valence-corrected chi connectivity index (χ3v) is 2.42. The molecule has 0 heterocycles. The van der Waals surface area contributed by atoms with Crippen LogP contribution in [0.25, 0.3) is 0 Å². The minimum atomic E-state index is -0.521. The number of rotatable bonds is 13. The Morgan fingerprint density at radius 3 is 1.96 bits per heavy atom. The van der Waals surface area contributed by atoms with Gasteiger partial charge >= 0.3 is 0 Å². The summed E-state index contributed by atoms with van der Waals surface area (Å²) in [5, 5.41) is 5.27. The van der Waals surface area contributed by atoms with E-state index in [4.69, 9.17) is 19.9 Å². The number of carbonyl (C=O) groups excluding carboxylic acids is 3. The van der Waals surface area contributed by atoms with Gasteiger partial charge in [-0.3, -0.25) is 14.4 Å². The summed E-state index contributed by atoms with van der Waals surface area (Å²) in [5.41, 5.74) is 4.57. The highest BCUT2D eigenvalue weighted by Crippen LogP contribution is 1.97. The van der Waals surface area contributed by atoms with Crippen molar-refractivity contribution < 1.29 is 28.6 Å². The average Bonchev–Trinajstić information content (AvgIpc) is 2.45. The maximum absolute atomic E-state index is 11.5. The van der Waals surface area contributed by atoms with Gasteiger partial charge in [0.15, 0.2) is 0 Å². The van der Waals surface area contributed by atoms with Crippen LogP contribution in [0, 0.1) is 0 Å². The molecule has 4 N–H and O–H groups in total. The average molecular weight is 347 g/mol. The zero-order valence-corrected chi connectivity index (χ0v) is 14.7. The molecule has 0 aliphatic heterocycles. The minimum absolute atomic E-state index is 0.0511. The van der Waals surface area contributed by atoms with Crippen LogP contribution >= 0.6 is 0 Å². The molecule has 9 heteroatoms. The molecule has 0 fully saturated rings. The molecule has 0 saturated carbocycles. The molecule has 0 rings (SSSR count). The number of primary amides is 1. The van der Waals surface area contributed by atoms with Gasteiger partial charge in [0.2, 0.25) is 17.7 Å². The summed E-state index contributed by atoms with van der Waals surface area (Å²) < 4.78 is 15.3. The van der Waals surface area contributed by atoms with Gasteiger partial charge < -0.3 is 30.6 Å². The van der Waals surface area contributed by atoms with E-state index in [1.165, 1.54) is 0 Å². The van der Waals surface area contributed by atoms with E-state index >= 15 is 0 Å². The first kappa shape index (κ1) is 22.3. The van der Waals surface area contributed by atoms with Crippen molar-refractivity contribution in [3.8, 4) is 0 Å². The van der Waals surface area contributed by atoms with E-state index in [2.05, 4.69) is 10.6 Å². The quantitative estimate of drug-likeness (QED) is 0.364. The van der Waals surface area contributed by atoms with Gasteiger partial charge in [-0.25, -0.2) is 0 Å². The molecule has 0 radical (unpaired) electrons. The molecule has 3 amide bonds. The first-order chi connectivity index (χ1) is 11.2. The monoisotopic (exact) mass is 347 g/mol. The van der Waals surface area contributed by atoms with Crippen LogP contribution in [0.3, 0.4) is 0 Å². The fraction of sp³-hybridized carbons (Fsp3) is 0.800. The van der Waals surface area contributed by atoms with E-state index < -0.39 is 5.91 Å². The fourth-order valence-corrected chi connectivity index (χ4v) is 1.51. The van der Waals surface area contributed by atoms with E-state index in [1.54, 1.807) is 0 Å². The van der Waals surface area contributed by atoms with E-state index in [9.17, 15) is 14.4 Å². The second-order valence-corrected chi connectivity index (χ2v) is 6.07. The molecule has 0 unspecified atom stereocenters. The molecular formula is C15H29N3O6. The van der Waals surface area contributed by atoms with E-state index in [1.807, 2.05) is 20.8 Å². The Morgan fingerprint density at radius 1 is 0.875 bits per heavy atom. The van der Waals surface area contributed by atoms with Gasteiger partial charge in [0.05, 0.1) is 39.6 Å². The molecule has 140 valence electrons. The van der Waals surface area contributed by atoms with Gasteiger partial charge in [-0.15, -0.1) is 0 Å². The lowest BCUT2D eigenvalue weighted by Gasteiger charge is -2.20. The molecular weight excluding hydrogens is 318 g/mol. The Kier molecular flexibility index (Phi) is 11.8. The molecule has 0 aromatic carbocycles. The SMILES string of the molecule is CC(C)(C)NC(=O)CNC(=O)CCOCCOCCOCC(N)=O. The molecule has 0 aromatic rings. The van der Waals surface area contributed by atoms with E-state index in [-0.39, 0.29) is 50.1 Å². The Labute approximate surface area is 142 Å². The molecule has 0 bridgehead atoms. The van der Waals surface area contributed by atoms with Crippen molar-refractivity contribution in [2.75, 3.05) is 46.2 Å². The first-order valence-corrected chi connectivity index (χ1v) is 7.80. The van der Waals surface area contributed by atoms with Crippen LogP contribution in [-0.4, -0.2) is 69.4 Å². The first-order valence-electron chi connectivity index (χ1n) is 7.80. The molecule has 24 heavy (non-hydrogen) atoms. The van der Waals surface area contributed by atoms with Crippen molar-refractivity contribution in [3.05, 3.63) is 0 Å². The van der Waals surface area contributed by atoms with Gasteiger partial charge in [-0.1, -0.05) is 0 Å². The summed E-state index contributed by atoms with van der Waals surface area (Å²) in [6, 6.07) is 0. The van der Waals surface area contributed by atoms with Crippen molar-refractivity contribution in [1.29, 1.82) is 0 Å². The summed E-state index contributed by atoms with van der Waals surface area (Å²) in [6.45, 7) is 6.98. The van der Waals surface area contributed by atoms with Gasteiger partial charge in [0.1, 0.15) is 6.61 Å². The molecule has 0 aliphatic rings. The largest absolute Gasteiger partial charge is 0.379 e. The van der Waals surface area contributed by atoms with Crippen molar-refractivity contribution in [1.82, 2.24) is 10.6 Å². The smallest absolute Gasteiger partial charge is 0.243 e. The zero-order valence-electron chi connectivity index (χ0n) is 14.7. The third kappa shape index (κ3) is 16.7. The molecule has 0 aromatic heterocycles. The Balaban J connectivity index is 3.40. The van der Waals surface area contributed by atoms with Crippen LogP contribution in [0.15, 0.2) is 0 Å². The van der Waals surface area contributed by atoms with Gasteiger partial charge in [0.25, 0.3) is 0 Å². The van der Waals surface area contributed by atoms with E-state index in [0.717, 1.165) is 0 Å². The number of hydrogen-bond donors (Lipinski definition) is 3. The van der Waals surface area contributed by atoms with E-state index in [0.29, 0.717) is 19.8 Å². The summed E-state index contributed by atoms with van der Waals surface area (Å²) in [7, 11) is 0. The highest BCUT2D eigenvalue weighted by Gasteiger charge is 2.13. The number of ether oxygens (including phenoxy) is 3. The third-order valence-electron chi connectivity index (χ3n) is 2.42. The predicted molar refractivity (Wildman–Crippen MR) is 87.2 cm³/mol. The molecule has 0 atom stereocenters. The van der Waals surface area contributed by atoms with Crippen molar-refractivity contribution in [3.63, 3.8) is 0 Å². The second kappa shape index (κ2) is 12.7. The van der Waals surface area contributed by atoms with Crippen LogP contribution in [-0.2, 0) is 28.6 Å². The lowest BCUT2D eigenvalue weighted by Crippen LogP contribution is -2.45. The summed E-state index contributed by atoms with van der Waals surface area (Å²) >= 11 is 0. The second-order valence-electron chi connectivity index (χ2n) is 6.07. The van der Waals surface area contributed by atoms with Crippen LogP contribution < -0.4 is 16.4 Å². The fourth-order valence-electron chi connectivity index (χ4n) is 1.51. The molecule has 9 nitrogen and oxygen atoms in total. The normalized spacial score (nSPS) is 11.1.